The van der Waals surface area contributed by atoms with Gasteiger partial charge in [-0.25, -0.2) is 13.1 Å². The number of hydrogen-bond acceptors (Lipinski definition) is 7. The van der Waals surface area contributed by atoms with Crippen molar-refractivity contribution < 1.29 is 13.2 Å². The number of sulfonamides is 1. The van der Waals surface area contributed by atoms with Crippen LogP contribution in [0.4, 0.5) is 0 Å². The van der Waals surface area contributed by atoms with Gasteiger partial charge in [-0.05, 0) is 69.2 Å². The van der Waals surface area contributed by atoms with Gasteiger partial charge in [0, 0.05) is 39.3 Å². The van der Waals surface area contributed by atoms with Gasteiger partial charge >= 0.3 is 0 Å². The van der Waals surface area contributed by atoms with E-state index in [2.05, 4.69) is 73.3 Å². The van der Waals surface area contributed by atoms with Gasteiger partial charge < -0.3 is 5.32 Å². The van der Waals surface area contributed by atoms with Gasteiger partial charge in [-0.1, -0.05) is 78.4 Å². The van der Waals surface area contributed by atoms with Crippen molar-refractivity contribution in [3.63, 3.8) is 0 Å². The Kier molecular flexibility index (Phi) is 12.5. The van der Waals surface area contributed by atoms with E-state index in [0.717, 1.165) is 70.8 Å². The van der Waals surface area contributed by atoms with Crippen LogP contribution in [-0.2, 0) is 27.9 Å². The number of nitrogens with one attached hydrogen (secondary N) is 2. The van der Waals surface area contributed by atoms with Gasteiger partial charge in [-0.2, -0.15) is 0 Å². The van der Waals surface area contributed by atoms with Crippen molar-refractivity contribution in [2.75, 3.05) is 58.9 Å². The summed E-state index contributed by atoms with van der Waals surface area (Å²) in [4.78, 5) is 20.1. The molecular formula is C33H45N5O3S. The minimum atomic E-state index is -3.92. The van der Waals surface area contributed by atoms with Crippen LogP contribution >= 0.6 is 0 Å². The summed E-state index contributed by atoms with van der Waals surface area (Å²) in [6, 6.07) is 27.5. The Morgan fingerprint density at radius 2 is 1.24 bits per heavy atom. The number of rotatable bonds is 8. The van der Waals surface area contributed by atoms with E-state index in [0.29, 0.717) is 13.1 Å². The first-order valence-corrected chi connectivity index (χ1v) is 16.4. The highest BCUT2D eigenvalue weighted by atomic mass is 32.2. The first-order valence-electron chi connectivity index (χ1n) is 15.0. The fraction of sp³-hybridized carbons (Fsp3) is 0.424. The van der Waals surface area contributed by atoms with Crippen molar-refractivity contribution in [2.24, 2.45) is 0 Å². The van der Waals surface area contributed by atoms with Crippen LogP contribution in [0.25, 0.3) is 0 Å². The van der Waals surface area contributed by atoms with E-state index in [1.165, 1.54) is 23.3 Å². The molecule has 8 nitrogen and oxygen atoms in total. The topological polar surface area (TPSA) is 85.0 Å². The molecule has 0 bridgehead atoms. The molecule has 1 heterocycles. The molecule has 1 aliphatic rings. The SMILES string of the molecule is Cc1ccc(S(=O)(=O)NC(=O)CN2CCCN(Cc3ccccc3)CCNCCCN(Cc3ccccc3)CC2)cc1. The molecule has 0 unspecified atom stereocenters. The normalized spacial score (nSPS) is 17.4. The molecule has 1 aliphatic heterocycles. The number of hydrogen-bond donors (Lipinski definition) is 2. The first kappa shape index (κ1) is 31.8. The average molecular weight is 592 g/mol. The van der Waals surface area contributed by atoms with Gasteiger partial charge in [-0.3, -0.25) is 19.5 Å². The van der Waals surface area contributed by atoms with Crippen LogP contribution in [0.1, 0.15) is 29.5 Å². The van der Waals surface area contributed by atoms with Crippen molar-refractivity contribution in [3.05, 3.63) is 102 Å². The second-order valence-corrected chi connectivity index (χ2v) is 12.8. The lowest BCUT2D eigenvalue weighted by Gasteiger charge is -2.29. The molecule has 0 aliphatic carbocycles. The van der Waals surface area contributed by atoms with Gasteiger partial charge in [0.2, 0.25) is 5.91 Å². The molecule has 1 saturated heterocycles. The number of aryl methyl sites for hydroxylation is 1. The summed E-state index contributed by atoms with van der Waals surface area (Å²) in [5.41, 5.74) is 3.51. The van der Waals surface area contributed by atoms with E-state index in [-0.39, 0.29) is 11.4 Å². The second kappa shape index (κ2) is 16.5. The molecule has 0 saturated carbocycles. The third-order valence-corrected chi connectivity index (χ3v) is 8.95. The molecule has 0 spiro atoms. The molecule has 1 fully saturated rings. The highest BCUT2D eigenvalue weighted by molar-refractivity contribution is 7.90. The quantitative estimate of drug-likeness (QED) is 0.415. The summed E-state index contributed by atoms with van der Waals surface area (Å²) < 4.78 is 28.0. The number of carbonyl (C=O) groups is 1. The highest BCUT2D eigenvalue weighted by Gasteiger charge is 2.20. The Morgan fingerprint density at radius 1 is 0.690 bits per heavy atom. The van der Waals surface area contributed by atoms with Gasteiger partial charge in [-0.15, -0.1) is 0 Å². The largest absolute Gasteiger partial charge is 0.315 e. The van der Waals surface area contributed by atoms with Crippen LogP contribution in [0.3, 0.4) is 0 Å². The van der Waals surface area contributed by atoms with Crippen molar-refractivity contribution in [2.45, 2.75) is 37.8 Å². The molecule has 9 heteroatoms. The summed E-state index contributed by atoms with van der Waals surface area (Å²) in [5, 5.41) is 3.62. The van der Waals surface area contributed by atoms with E-state index >= 15 is 0 Å². The minimum Gasteiger partial charge on any atom is -0.315 e. The van der Waals surface area contributed by atoms with Crippen molar-refractivity contribution >= 4 is 15.9 Å². The van der Waals surface area contributed by atoms with Gasteiger partial charge in [0.05, 0.1) is 11.4 Å². The zero-order valence-electron chi connectivity index (χ0n) is 24.7. The lowest BCUT2D eigenvalue weighted by molar-refractivity contribution is -0.120. The maximum Gasteiger partial charge on any atom is 0.264 e. The first-order chi connectivity index (χ1) is 20.4. The van der Waals surface area contributed by atoms with Crippen molar-refractivity contribution in [3.8, 4) is 0 Å². The van der Waals surface area contributed by atoms with Gasteiger partial charge in [0.1, 0.15) is 0 Å². The summed E-state index contributed by atoms with van der Waals surface area (Å²) in [5.74, 6) is -0.503. The summed E-state index contributed by atoms with van der Waals surface area (Å²) >= 11 is 0. The maximum absolute atomic E-state index is 13.1. The lowest BCUT2D eigenvalue weighted by Crippen LogP contribution is -2.44. The smallest absolute Gasteiger partial charge is 0.264 e. The van der Waals surface area contributed by atoms with Crippen LogP contribution in [0.5, 0.6) is 0 Å². The van der Waals surface area contributed by atoms with Gasteiger partial charge in [0.15, 0.2) is 0 Å². The Balaban J connectivity index is 1.43. The number of carbonyl (C=O) groups excluding carboxylic acids is 1. The molecule has 4 rings (SSSR count). The summed E-state index contributed by atoms with van der Waals surface area (Å²) in [7, 11) is -3.92. The fourth-order valence-electron chi connectivity index (χ4n) is 5.25. The van der Waals surface area contributed by atoms with E-state index in [1.807, 2.05) is 19.1 Å². The van der Waals surface area contributed by atoms with Gasteiger partial charge in [0.25, 0.3) is 10.0 Å². The minimum absolute atomic E-state index is 0.0323. The Hall–Kier alpha value is -3.08. The zero-order valence-corrected chi connectivity index (χ0v) is 25.6. The standard InChI is InChI=1S/C33H45N5O3S/c1-29-14-16-32(17-15-29)42(40,41)35-33(39)28-38-22-9-21-36(26-30-10-4-2-5-11-30)23-19-34-18-8-20-37(24-25-38)27-31-12-6-3-7-13-31/h2-7,10-17,34H,8-9,18-28H2,1H3,(H,35,39). The molecule has 0 aromatic heterocycles. The van der Waals surface area contributed by atoms with E-state index < -0.39 is 15.9 Å². The Morgan fingerprint density at radius 3 is 1.88 bits per heavy atom. The van der Waals surface area contributed by atoms with E-state index in [1.54, 1.807) is 12.1 Å². The zero-order chi connectivity index (χ0) is 29.6. The molecule has 3 aromatic carbocycles. The molecule has 0 radical (unpaired) electrons. The third-order valence-electron chi connectivity index (χ3n) is 7.56. The molecule has 3 aromatic rings. The fourth-order valence-corrected chi connectivity index (χ4v) is 6.22. The molecule has 0 atom stereocenters. The molecule has 226 valence electrons. The van der Waals surface area contributed by atoms with E-state index in [9.17, 15) is 13.2 Å². The molecule has 1 amide bonds. The summed E-state index contributed by atoms with van der Waals surface area (Å²) in [6.07, 6.45) is 1.91. The van der Waals surface area contributed by atoms with Crippen LogP contribution < -0.4 is 10.0 Å². The number of amides is 1. The van der Waals surface area contributed by atoms with Crippen LogP contribution in [-0.4, -0.2) is 87.9 Å². The monoisotopic (exact) mass is 591 g/mol. The molecular weight excluding hydrogens is 546 g/mol. The van der Waals surface area contributed by atoms with E-state index in [4.69, 9.17) is 0 Å². The highest BCUT2D eigenvalue weighted by Crippen LogP contribution is 2.11. The maximum atomic E-state index is 13.1. The predicted octanol–water partition coefficient (Wildman–Crippen LogP) is 3.49. The van der Waals surface area contributed by atoms with Crippen LogP contribution in [0, 0.1) is 6.92 Å². The molecule has 2 N–H and O–H groups in total. The average Bonchev–Trinajstić information content (AvgIpc) is 2.97. The lowest BCUT2D eigenvalue weighted by atomic mass is 10.2. The summed E-state index contributed by atoms with van der Waals surface area (Å²) in [6.45, 7) is 10.5. The number of benzene rings is 3. The second-order valence-electron chi connectivity index (χ2n) is 11.1. The molecule has 42 heavy (non-hydrogen) atoms. The predicted molar refractivity (Wildman–Crippen MR) is 168 cm³/mol. The third kappa shape index (κ3) is 11.0. The van der Waals surface area contributed by atoms with Crippen molar-refractivity contribution in [1.82, 2.24) is 24.7 Å². The van der Waals surface area contributed by atoms with Crippen LogP contribution in [0.2, 0.25) is 0 Å². The Labute approximate surface area is 251 Å². The Bertz CT molecular complexity index is 1320. The number of nitrogens with zero attached hydrogens (tertiary/aromatic N) is 3. The van der Waals surface area contributed by atoms with Crippen LogP contribution in [0.15, 0.2) is 89.8 Å². The van der Waals surface area contributed by atoms with Crippen molar-refractivity contribution in [1.29, 1.82) is 0 Å².